The van der Waals surface area contributed by atoms with E-state index in [1.54, 1.807) is 30.0 Å². The van der Waals surface area contributed by atoms with Crippen LogP contribution in [0.15, 0.2) is 42.5 Å². The Labute approximate surface area is 176 Å². The molecular formula is C22H26Cl2N2O2. The Kier molecular flexibility index (Phi) is 8.34. The summed E-state index contributed by atoms with van der Waals surface area (Å²) in [6.45, 7) is 6.64. The first-order valence-electron chi connectivity index (χ1n) is 9.39. The number of benzene rings is 2. The molecular weight excluding hydrogens is 395 g/mol. The summed E-state index contributed by atoms with van der Waals surface area (Å²) in [6, 6.07) is 12.5. The third kappa shape index (κ3) is 5.98. The minimum atomic E-state index is -0.610. The van der Waals surface area contributed by atoms with Gasteiger partial charge in [0.25, 0.3) is 0 Å². The van der Waals surface area contributed by atoms with Crippen LogP contribution in [0.25, 0.3) is 0 Å². The van der Waals surface area contributed by atoms with E-state index in [4.69, 9.17) is 23.2 Å². The molecule has 0 bridgehead atoms. The van der Waals surface area contributed by atoms with Gasteiger partial charge in [-0.25, -0.2) is 0 Å². The van der Waals surface area contributed by atoms with Gasteiger partial charge < -0.3 is 10.2 Å². The van der Waals surface area contributed by atoms with E-state index in [-0.39, 0.29) is 18.2 Å². The molecule has 2 rings (SSSR count). The lowest BCUT2D eigenvalue weighted by atomic mass is 10.1. The van der Waals surface area contributed by atoms with Crippen LogP contribution >= 0.6 is 23.2 Å². The van der Waals surface area contributed by atoms with E-state index in [1.165, 1.54) is 0 Å². The van der Waals surface area contributed by atoms with Crippen molar-refractivity contribution >= 4 is 35.0 Å². The molecule has 1 N–H and O–H groups in total. The van der Waals surface area contributed by atoms with Gasteiger partial charge in [0.05, 0.1) is 6.42 Å². The molecule has 1 unspecified atom stereocenters. The topological polar surface area (TPSA) is 49.4 Å². The number of hydrogen-bond acceptors (Lipinski definition) is 2. The Morgan fingerprint density at radius 1 is 1.07 bits per heavy atom. The Morgan fingerprint density at radius 3 is 2.25 bits per heavy atom. The van der Waals surface area contributed by atoms with Gasteiger partial charge in [-0.2, -0.15) is 0 Å². The van der Waals surface area contributed by atoms with E-state index in [9.17, 15) is 9.59 Å². The van der Waals surface area contributed by atoms with Gasteiger partial charge in [-0.1, -0.05) is 66.0 Å². The fourth-order valence-electron chi connectivity index (χ4n) is 2.82. The summed E-state index contributed by atoms with van der Waals surface area (Å²) in [5, 5.41) is 3.75. The number of nitrogens with zero attached hydrogens (tertiary/aromatic N) is 1. The molecule has 4 nitrogen and oxygen atoms in total. The maximum Gasteiger partial charge on any atom is 0.242 e. The number of carbonyl (C=O) groups excluding carboxylic acids is 2. The molecule has 1 atom stereocenters. The average Bonchev–Trinajstić information content (AvgIpc) is 2.67. The molecule has 0 aliphatic rings. The van der Waals surface area contributed by atoms with Gasteiger partial charge in [0.2, 0.25) is 11.8 Å². The average molecular weight is 421 g/mol. The third-order valence-electron chi connectivity index (χ3n) is 4.58. The number of aryl methyl sites for hydroxylation is 1. The first-order chi connectivity index (χ1) is 13.3. The lowest BCUT2D eigenvalue weighted by molar-refractivity contribution is -0.140. The van der Waals surface area contributed by atoms with Gasteiger partial charge in [0.15, 0.2) is 0 Å². The smallest absolute Gasteiger partial charge is 0.242 e. The molecule has 0 radical (unpaired) electrons. The lowest BCUT2D eigenvalue weighted by Crippen LogP contribution is -2.48. The number of nitrogens with one attached hydrogen (secondary N) is 1. The van der Waals surface area contributed by atoms with Crippen molar-refractivity contribution in [3.05, 3.63) is 69.2 Å². The first kappa shape index (κ1) is 22.3. The van der Waals surface area contributed by atoms with Gasteiger partial charge in [0, 0.05) is 23.1 Å². The maximum atomic E-state index is 13.1. The summed E-state index contributed by atoms with van der Waals surface area (Å²) in [7, 11) is 0. The molecule has 28 heavy (non-hydrogen) atoms. The van der Waals surface area contributed by atoms with Crippen molar-refractivity contribution in [3.63, 3.8) is 0 Å². The van der Waals surface area contributed by atoms with Crippen molar-refractivity contribution in [2.45, 2.75) is 46.2 Å². The largest absolute Gasteiger partial charge is 0.354 e. The first-order valence-corrected chi connectivity index (χ1v) is 10.1. The van der Waals surface area contributed by atoms with Gasteiger partial charge >= 0.3 is 0 Å². The molecule has 2 aromatic rings. The predicted octanol–water partition coefficient (Wildman–Crippen LogP) is 4.79. The molecule has 2 amide bonds. The summed E-state index contributed by atoms with van der Waals surface area (Å²) >= 11 is 12.5. The van der Waals surface area contributed by atoms with Crippen LogP contribution in [-0.4, -0.2) is 29.3 Å². The highest BCUT2D eigenvalue weighted by atomic mass is 35.5. The monoisotopic (exact) mass is 420 g/mol. The number of hydrogen-bond donors (Lipinski definition) is 1. The molecule has 0 spiro atoms. The van der Waals surface area contributed by atoms with Gasteiger partial charge in [0.1, 0.15) is 6.04 Å². The number of rotatable bonds is 8. The second-order valence-electron chi connectivity index (χ2n) is 6.85. The molecule has 0 aliphatic heterocycles. The molecule has 6 heteroatoms. The van der Waals surface area contributed by atoms with E-state index in [0.717, 1.165) is 17.5 Å². The second-order valence-corrected chi connectivity index (χ2v) is 7.67. The SMILES string of the molecule is CCCNC(=O)C(C)N(Cc1ccc(C)cc1)C(=O)Cc1c(Cl)cccc1Cl. The summed E-state index contributed by atoms with van der Waals surface area (Å²) in [4.78, 5) is 27.2. The minimum absolute atomic E-state index is 0.0375. The van der Waals surface area contributed by atoms with Gasteiger partial charge in [-0.3, -0.25) is 9.59 Å². The van der Waals surface area contributed by atoms with Crippen molar-refractivity contribution in [1.29, 1.82) is 0 Å². The van der Waals surface area contributed by atoms with Crippen LogP contribution in [0.5, 0.6) is 0 Å². The van der Waals surface area contributed by atoms with Crippen molar-refractivity contribution in [1.82, 2.24) is 10.2 Å². The Morgan fingerprint density at radius 2 is 1.68 bits per heavy atom. The van der Waals surface area contributed by atoms with E-state index < -0.39 is 6.04 Å². The third-order valence-corrected chi connectivity index (χ3v) is 5.29. The predicted molar refractivity (Wildman–Crippen MR) is 115 cm³/mol. The standard InChI is InChI=1S/C22H26Cl2N2O2/c1-4-12-25-22(28)16(3)26(14-17-10-8-15(2)9-11-17)21(27)13-18-19(23)6-5-7-20(18)24/h5-11,16H,4,12-14H2,1-3H3,(H,25,28). The maximum absolute atomic E-state index is 13.1. The molecule has 0 saturated carbocycles. The van der Waals surface area contributed by atoms with Crippen LogP contribution in [-0.2, 0) is 22.6 Å². The molecule has 150 valence electrons. The van der Waals surface area contributed by atoms with Crippen molar-refractivity contribution in [2.24, 2.45) is 0 Å². The van der Waals surface area contributed by atoms with E-state index in [1.807, 2.05) is 38.1 Å². The number of carbonyl (C=O) groups is 2. The molecule has 0 heterocycles. The second kappa shape index (κ2) is 10.5. The number of halogens is 2. The molecule has 0 fully saturated rings. The normalized spacial score (nSPS) is 11.8. The molecule has 0 saturated heterocycles. The summed E-state index contributed by atoms with van der Waals surface area (Å²) < 4.78 is 0. The van der Waals surface area contributed by atoms with Crippen LogP contribution in [0.1, 0.15) is 37.0 Å². The van der Waals surface area contributed by atoms with Crippen LogP contribution < -0.4 is 5.32 Å². The van der Waals surface area contributed by atoms with Crippen LogP contribution in [0, 0.1) is 6.92 Å². The summed E-state index contributed by atoms with van der Waals surface area (Å²) in [6.07, 6.45) is 0.870. The zero-order valence-corrected chi connectivity index (χ0v) is 18.0. The fourth-order valence-corrected chi connectivity index (χ4v) is 3.35. The van der Waals surface area contributed by atoms with Gasteiger partial charge in [-0.15, -0.1) is 0 Å². The Balaban J connectivity index is 2.26. The van der Waals surface area contributed by atoms with E-state index >= 15 is 0 Å². The zero-order chi connectivity index (χ0) is 20.7. The highest BCUT2D eigenvalue weighted by Gasteiger charge is 2.27. The highest BCUT2D eigenvalue weighted by Crippen LogP contribution is 2.26. The van der Waals surface area contributed by atoms with Crippen LogP contribution in [0.2, 0.25) is 10.0 Å². The fraction of sp³-hybridized carbons (Fsp3) is 0.364. The molecule has 2 aromatic carbocycles. The van der Waals surface area contributed by atoms with Crippen LogP contribution in [0.3, 0.4) is 0 Å². The summed E-state index contributed by atoms with van der Waals surface area (Å²) in [5.41, 5.74) is 2.67. The van der Waals surface area contributed by atoms with E-state index in [2.05, 4.69) is 5.32 Å². The Bertz CT molecular complexity index is 802. The quantitative estimate of drug-likeness (QED) is 0.667. The summed E-state index contributed by atoms with van der Waals surface area (Å²) in [5.74, 6) is -0.373. The zero-order valence-electron chi connectivity index (χ0n) is 16.5. The lowest BCUT2D eigenvalue weighted by Gasteiger charge is -2.29. The number of amides is 2. The van der Waals surface area contributed by atoms with Crippen molar-refractivity contribution in [2.75, 3.05) is 6.54 Å². The highest BCUT2D eigenvalue weighted by molar-refractivity contribution is 6.36. The van der Waals surface area contributed by atoms with Crippen molar-refractivity contribution in [3.8, 4) is 0 Å². The Hall–Kier alpha value is -2.04. The van der Waals surface area contributed by atoms with Crippen LogP contribution in [0.4, 0.5) is 0 Å². The van der Waals surface area contributed by atoms with E-state index in [0.29, 0.717) is 28.7 Å². The van der Waals surface area contributed by atoms with Gasteiger partial charge in [-0.05, 0) is 43.5 Å². The minimum Gasteiger partial charge on any atom is -0.354 e. The van der Waals surface area contributed by atoms with Crippen molar-refractivity contribution < 1.29 is 9.59 Å². The molecule has 0 aliphatic carbocycles. The molecule has 0 aromatic heterocycles.